The average molecular weight is 238 g/mol. The number of nitrogens with zero attached hydrogens (tertiary/aromatic N) is 1. The van der Waals surface area contributed by atoms with Crippen LogP contribution < -0.4 is 5.32 Å². The maximum absolute atomic E-state index is 11.6. The predicted octanol–water partition coefficient (Wildman–Crippen LogP) is 0.947. The van der Waals surface area contributed by atoms with Gasteiger partial charge in [0.25, 0.3) is 0 Å². The van der Waals surface area contributed by atoms with Gasteiger partial charge in [-0.25, -0.2) is 0 Å². The SMILES string of the molecule is Cc1cc(CC(=O)NCC2(O)CCCC2)no1. The number of carbonyl (C=O) groups is 1. The Balaban J connectivity index is 1.77. The van der Waals surface area contributed by atoms with Crippen molar-refractivity contribution in [1.82, 2.24) is 10.5 Å². The molecule has 0 atom stereocenters. The molecule has 17 heavy (non-hydrogen) atoms. The van der Waals surface area contributed by atoms with E-state index in [2.05, 4.69) is 10.5 Å². The Labute approximate surface area is 100 Å². The molecule has 5 nitrogen and oxygen atoms in total. The molecule has 5 heteroatoms. The summed E-state index contributed by atoms with van der Waals surface area (Å²) in [4.78, 5) is 11.6. The zero-order valence-corrected chi connectivity index (χ0v) is 10.0. The minimum absolute atomic E-state index is 0.126. The smallest absolute Gasteiger partial charge is 0.226 e. The van der Waals surface area contributed by atoms with Gasteiger partial charge < -0.3 is 14.9 Å². The molecule has 0 saturated heterocycles. The third kappa shape index (κ3) is 3.30. The van der Waals surface area contributed by atoms with E-state index < -0.39 is 5.60 Å². The summed E-state index contributed by atoms with van der Waals surface area (Å²) in [5, 5.41) is 16.6. The molecule has 0 spiro atoms. The summed E-state index contributed by atoms with van der Waals surface area (Å²) in [6, 6.07) is 1.74. The van der Waals surface area contributed by atoms with Gasteiger partial charge >= 0.3 is 0 Å². The topological polar surface area (TPSA) is 75.4 Å². The molecule has 1 heterocycles. The van der Waals surface area contributed by atoms with Gasteiger partial charge in [-0.3, -0.25) is 4.79 Å². The normalized spacial score (nSPS) is 18.2. The van der Waals surface area contributed by atoms with E-state index in [9.17, 15) is 9.90 Å². The second kappa shape index (κ2) is 4.87. The van der Waals surface area contributed by atoms with Gasteiger partial charge in [-0.2, -0.15) is 0 Å². The van der Waals surface area contributed by atoms with Crippen molar-refractivity contribution in [2.24, 2.45) is 0 Å². The third-order valence-electron chi connectivity index (χ3n) is 3.17. The van der Waals surface area contributed by atoms with Crippen LogP contribution in [-0.4, -0.2) is 28.3 Å². The first-order valence-corrected chi connectivity index (χ1v) is 5.99. The van der Waals surface area contributed by atoms with E-state index in [1.165, 1.54) is 0 Å². The van der Waals surface area contributed by atoms with Gasteiger partial charge in [-0.15, -0.1) is 0 Å². The van der Waals surface area contributed by atoms with Gasteiger partial charge in [-0.05, 0) is 19.8 Å². The molecule has 2 N–H and O–H groups in total. The van der Waals surface area contributed by atoms with Crippen LogP contribution in [0, 0.1) is 6.92 Å². The lowest BCUT2D eigenvalue weighted by Crippen LogP contribution is -2.41. The van der Waals surface area contributed by atoms with Gasteiger partial charge in [0.05, 0.1) is 17.7 Å². The minimum Gasteiger partial charge on any atom is -0.388 e. The molecule has 1 aliphatic carbocycles. The molecule has 94 valence electrons. The van der Waals surface area contributed by atoms with Crippen LogP contribution in [0.1, 0.15) is 37.1 Å². The van der Waals surface area contributed by atoms with E-state index in [0.29, 0.717) is 18.0 Å². The summed E-state index contributed by atoms with van der Waals surface area (Å²) >= 11 is 0. The van der Waals surface area contributed by atoms with Crippen molar-refractivity contribution in [3.05, 3.63) is 17.5 Å². The van der Waals surface area contributed by atoms with E-state index in [1.807, 2.05) is 0 Å². The second-order valence-corrected chi connectivity index (χ2v) is 4.81. The lowest BCUT2D eigenvalue weighted by molar-refractivity contribution is -0.121. The van der Waals surface area contributed by atoms with E-state index in [1.54, 1.807) is 13.0 Å². The Morgan fingerprint density at radius 3 is 2.88 bits per heavy atom. The first-order chi connectivity index (χ1) is 8.07. The molecule has 0 aliphatic heterocycles. The highest BCUT2D eigenvalue weighted by molar-refractivity contribution is 5.78. The highest BCUT2D eigenvalue weighted by Gasteiger charge is 2.31. The Hall–Kier alpha value is -1.36. The number of aryl methyl sites for hydroxylation is 1. The van der Waals surface area contributed by atoms with Gasteiger partial charge in [0.2, 0.25) is 5.91 Å². The summed E-state index contributed by atoms with van der Waals surface area (Å²) in [6.45, 7) is 2.12. The molecule has 1 aliphatic rings. The van der Waals surface area contributed by atoms with Gasteiger partial charge in [0.1, 0.15) is 5.76 Å². The molecule has 2 rings (SSSR count). The van der Waals surface area contributed by atoms with Crippen molar-refractivity contribution in [1.29, 1.82) is 0 Å². The van der Waals surface area contributed by atoms with E-state index in [4.69, 9.17) is 4.52 Å². The lowest BCUT2D eigenvalue weighted by Gasteiger charge is -2.22. The molecule has 0 radical (unpaired) electrons. The van der Waals surface area contributed by atoms with Crippen LogP contribution in [0.15, 0.2) is 10.6 Å². The molecule has 1 fully saturated rings. The number of hydrogen-bond acceptors (Lipinski definition) is 4. The standard InChI is InChI=1S/C12H18N2O3/c1-9-6-10(14-17-9)7-11(15)13-8-12(16)4-2-3-5-12/h6,16H,2-5,7-8H2,1H3,(H,13,15). The molecule has 1 saturated carbocycles. The molecule has 0 bridgehead atoms. The number of nitrogens with one attached hydrogen (secondary N) is 1. The largest absolute Gasteiger partial charge is 0.388 e. The number of rotatable bonds is 4. The van der Waals surface area contributed by atoms with Crippen LogP contribution in [0.3, 0.4) is 0 Å². The van der Waals surface area contributed by atoms with Crippen LogP contribution in [-0.2, 0) is 11.2 Å². The molecular formula is C12H18N2O3. The first kappa shape index (κ1) is 12.1. The first-order valence-electron chi connectivity index (χ1n) is 5.99. The highest BCUT2D eigenvalue weighted by atomic mass is 16.5. The Morgan fingerprint density at radius 1 is 1.59 bits per heavy atom. The maximum atomic E-state index is 11.6. The van der Waals surface area contributed by atoms with Crippen LogP contribution in [0.2, 0.25) is 0 Å². The predicted molar refractivity (Wildman–Crippen MR) is 61.4 cm³/mol. The number of aromatic nitrogens is 1. The zero-order chi connectivity index (χ0) is 12.3. The van der Waals surface area contributed by atoms with Crippen molar-refractivity contribution >= 4 is 5.91 Å². The van der Waals surface area contributed by atoms with Crippen LogP contribution in [0.5, 0.6) is 0 Å². The van der Waals surface area contributed by atoms with E-state index in [0.717, 1.165) is 25.7 Å². The van der Waals surface area contributed by atoms with E-state index in [-0.39, 0.29) is 12.3 Å². The fourth-order valence-corrected chi connectivity index (χ4v) is 2.20. The number of carbonyl (C=O) groups excluding carboxylic acids is 1. The maximum Gasteiger partial charge on any atom is 0.226 e. The lowest BCUT2D eigenvalue weighted by atomic mass is 10.0. The summed E-state index contributed by atoms with van der Waals surface area (Å²) in [5.41, 5.74) is -0.0755. The summed E-state index contributed by atoms with van der Waals surface area (Å²) in [7, 11) is 0. The Morgan fingerprint density at radius 2 is 2.29 bits per heavy atom. The monoisotopic (exact) mass is 238 g/mol. The molecule has 1 amide bonds. The summed E-state index contributed by atoms with van der Waals surface area (Å²) in [6.07, 6.45) is 3.82. The van der Waals surface area contributed by atoms with Crippen molar-refractivity contribution in [2.45, 2.75) is 44.6 Å². The van der Waals surface area contributed by atoms with E-state index >= 15 is 0 Å². The van der Waals surface area contributed by atoms with Crippen molar-refractivity contribution in [3.63, 3.8) is 0 Å². The van der Waals surface area contributed by atoms with Crippen LogP contribution >= 0.6 is 0 Å². The van der Waals surface area contributed by atoms with Crippen molar-refractivity contribution in [3.8, 4) is 0 Å². The van der Waals surface area contributed by atoms with Gasteiger partial charge in [0.15, 0.2) is 0 Å². The molecule has 1 aromatic rings. The fraction of sp³-hybridized carbons (Fsp3) is 0.667. The number of aliphatic hydroxyl groups is 1. The third-order valence-corrected chi connectivity index (χ3v) is 3.17. The molecule has 1 aromatic heterocycles. The minimum atomic E-state index is -0.699. The summed E-state index contributed by atoms with van der Waals surface area (Å²) < 4.78 is 4.88. The quantitative estimate of drug-likeness (QED) is 0.818. The van der Waals surface area contributed by atoms with Crippen molar-refractivity contribution < 1.29 is 14.4 Å². The number of hydrogen-bond donors (Lipinski definition) is 2. The Kier molecular flexibility index (Phi) is 3.47. The van der Waals surface area contributed by atoms with Crippen LogP contribution in [0.4, 0.5) is 0 Å². The summed E-state index contributed by atoms with van der Waals surface area (Å²) in [5.74, 6) is 0.570. The Bertz CT molecular complexity index is 394. The fourth-order valence-electron chi connectivity index (χ4n) is 2.20. The second-order valence-electron chi connectivity index (χ2n) is 4.81. The van der Waals surface area contributed by atoms with Gasteiger partial charge in [0, 0.05) is 12.6 Å². The molecule has 0 aromatic carbocycles. The van der Waals surface area contributed by atoms with Crippen LogP contribution in [0.25, 0.3) is 0 Å². The number of amides is 1. The molecular weight excluding hydrogens is 220 g/mol. The van der Waals surface area contributed by atoms with Gasteiger partial charge in [-0.1, -0.05) is 18.0 Å². The zero-order valence-electron chi connectivity index (χ0n) is 10.0. The van der Waals surface area contributed by atoms with Crippen molar-refractivity contribution in [2.75, 3.05) is 6.54 Å². The average Bonchev–Trinajstić information content (AvgIpc) is 2.86. The highest BCUT2D eigenvalue weighted by Crippen LogP contribution is 2.28. The molecule has 0 unspecified atom stereocenters.